The molecular formula is C15H22ClN3O4S. The van der Waals surface area contributed by atoms with Crippen LogP contribution in [0.1, 0.15) is 12.5 Å². The van der Waals surface area contributed by atoms with Crippen molar-refractivity contribution < 1.29 is 17.9 Å². The lowest BCUT2D eigenvalue weighted by molar-refractivity contribution is -0.119. The molecule has 1 heterocycles. The van der Waals surface area contributed by atoms with Crippen LogP contribution in [0.4, 0.5) is 0 Å². The van der Waals surface area contributed by atoms with Crippen LogP contribution in [0.3, 0.4) is 0 Å². The van der Waals surface area contributed by atoms with Crippen molar-refractivity contribution >= 4 is 27.5 Å². The first-order valence-electron chi connectivity index (χ1n) is 7.69. The van der Waals surface area contributed by atoms with Crippen molar-refractivity contribution in [2.75, 3.05) is 39.3 Å². The highest BCUT2D eigenvalue weighted by atomic mass is 35.5. The third-order valence-electron chi connectivity index (χ3n) is 4.00. The molecule has 1 aliphatic heterocycles. The molecule has 0 aromatic heterocycles. The van der Waals surface area contributed by atoms with Crippen molar-refractivity contribution in [3.8, 4) is 5.75 Å². The molecule has 7 nitrogen and oxygen atoms in total. The maximum atomic E-state index is 12.9. The molecule has 134 valence electrons. The molecule has 9 heteroatoms. The van der Waals surface area contributed by atoms with E-state index in [1.54, 1.807) is 6.92 Å². The molecule has 0 saturated carbocycles. The fourth-order valence-corrected chi connectivity index (χ4v) is 4.56. The molecule has 1 amide bonds. The Morgan fingerprint density at radius 1 is 1.29 bits per heavy atom. The number of nitrogens with zero attached hydrogens (tertiary/aromatic N) is 2. The van der Waals surface area contributed by atoms with E-state index in [0.29, 0.717) is 31.7 Å². The molecule has 1 aromatic rings. The molecule has 0 bridgehead atoms. The summed E-state index contributed by atoms with van der Waals surface area (Å²) in [5.41, 5.74) is 5.70. The Kier molecular flexibility index (Phi) is 6.08. The number of piperazine rings is 1. The van der Waals surface area contributed by atoms with Crippen molar-refractivity contribution in [1.29, 1.82) is 0 Å². The molecule has 0 spiro atoms. The first-order valence-corrected chi connectivity index (χ1v) is 9.51. The number of carbonyl (C=O) groups is 1. The zero-order valence-corrected chi connectivity index (χ0v) is 15.4. The molecule has 2 N–H and O–H groups in total. The Morgan fingerprint density at radius 3 is 2.46 bits per heavy atom. The highest BCUT2D eigenvalue weighted by Gasteiger charge is 2.30. The third-order valence-corrected chi connectivity index (χ3v) is 6.36. The fourth-order valence-electron chi connectivity index (χ4n) is 2.56. The lowest BCUT2D eigenvalue weighted by Gasteiger charge is -2.33. The Labute approximate surface area is 147 Å². The van der Waals surface area contributed by atoms with E-state index < -0.39 is 15.9 Å². The second-order valence-electron chi connectivity index (χ2n) is 5.64. The predicted molar refractivity (Wildman–Crippen MR) is 91.8 cm³/mol. The number of sulfonamides is 1. The maximum absolute atomic E-state index is 12.9. The Hall–Kier alpha value is -1.35. The van der Waals surface area contributed by atoms with Crippen LogP contribution in [0, 0.1) is 6.92 Å². The third kappa shape index (κ3) is 4.18. The van der Waals surface area contributed by atoms with Crippen molar-refractivity contribution in [1.82, 2.24) is 9.21 Å². The molecule has 1 fully saturated rings. The Morgan fingerprint density at radius 2 is 1.92 bits per heavy atom. The van der Waals surface area contributed by atoms with Crippen molar-refractivity contribution in [3.63, 3.8) is 0 Å². The Bertz CT molecular complexity index is 716. The predicted octanol–water partition coefficient (Wildman–Crippen LogP) is 0.839. The molecule has 0 aliphatic carbocycles. The van der Waals surface area contributed by atoms with Gasteiger partial charge in [0.2, 0.25) is 10.0 Å². The largest absolute Gasteiger partial charge is 0.483 e. The van der Waals surface area contributed by atoms with Gasteiger partial charge in [-0.3, -0.25) is 4.79 Å². The number of aryl methyl sites for hydroxylation is 1. The molecule has 0 radical (unpaired) electrons. The van der Waals surface area contributed by atoms with Gasteiger partial charge in [0.15, 0.2) is 6.61 Å². The number of hydrogen-bond acceptors (Lipinski definition) is 5. The molecular weight excluding hydrogens is 354 g/mol. The second-order valence-corrected chi connectivity index (χ2v) is 7.96. The lowest BCUT2D eigenvalue weighted by atomic mass is 10.2. The van der Waals surface area contributed by atoms with Gasteiger partial charge in [-0.15, -0.1) is 0 Å². The SMILES string of the molecule is CCN1CCN(S(=O)(=O)c2cc(OCC(N)=O)c(C)cc2Cl)CC1. The van der Waals surface area contributed by atoms with E-state index in [2.05, 4.69) is 4.90 Å². The van der Waals surface area contributed by atoms with Crippen LogP contribution < -0.4 is 10.5 Å². The number of carbonyl (C=O) groups excluding carboxylic acids is 1. The van der Waals surface area contributed by atoms with E-state index in [1.807, 2.05) is 6.92 Å². The Balaban J connectivity index is 2.29. The standard InChI is InChI=1S/C15H22ClN3O4S/c1-3-18-4-6-19(7-5-18)24(21,22)14-9-13(23-10-15(17)20)11(2)8-12(14)16/h8-9H,3-7,10H2,1-2H3,(H2,17,20). The topological polar surface area (TPSA) is 92.9 Å². The van der Waals surface area contributed by atoms with Crippen molar-refractivity contribution in [2.45, 2.75) is 18.7 Å². The van der Waals surface area contributed by atoms with Crippen molar-refractivity contribution in [3.05, 3.63) is 22.7 Å². The first-order chi connectivity index (χ1) is 11.3. The van der Waals surface area contributed by atoms with Crippen LogP contribution in [-0.2, 0) is 14.8 Å². The van der Waals surface area contributed by atoms with E-state index in [1.165, 1.54) is 16.4 Å². The summed E-state index contributed by atoms with van der Waals surface area (Å²) >= 11 is 6.16. The number of hydrogen-bond donors (Lipinski definition) is 1. The van der Waals surface area contributed by atoms with Gasteiger partial charge in [-0.25, -0.2) is 8.42 Å². The highest BCUT2D eigenvalue weighted by molar-refractivity contribution is 7.89. The van der Waals surface area contributed by atoms with Crippen LogP contribution in [0.2, 0.25) is 5.02 Å². The summed E-state index contributed by atoms with van der Waals surface area (Å²) < 4.78 is 32.5. The number of likely N-dealkylation sites (N-methyl/N-ethyl adjacent to an activating group) is 1. The summed E-state index contributed by atoms with van der Waals surface area (Å²) in [5, 5.41) is 0.136. The molecule has 1 aliphatic rings. The van der Waals surface area contributed by atoms with E-state index >= 15 is 0 Å². The summed E-state index contributed by atoms with van der Waals surface area (Å²) in [6.45, 7) is 6.54. The molecule has 1 saturated heterocycles. The van der Waals surface area contributed by atoms with Crippen LogP contribution in [0.5, 0.6) is 5.75 Å². The number of ether oxygens (including phenoxy) is 1. The fraction of sp³-hybridized carbons (Fsp3) is 0.533. The number of benzene rings is 1. The van der Waals surface area contributed by atoms with Gasteiger partial charge < -0.3 is 15.4 Å². The zero-order valence-electron chi connectivity index (χ0n) is 13.8. The molecule has 24 heavy (non-hydrogen) atoms. The van der Waals surface area contributed by atoms with E-state index in [9.17, 15) is 13.2 Å². The van der Waals surface area contributed by atoms with Gasteiger partial charge in [0.25, 0.3) is 5.91 Å². The van der Waals surface area contributed by atoms with Crippen LogP contribution in [-0.4, -0.2) is 62.9 Å². The van der Waals surface area contributed by atoms with Gasteiger partial charge in [0.1, 0.15) is 10.6 Å². The van der Waals surface area contributed by atoms with Crippen LogP contribution in [0.15, 0.2) is 17.0 Å². The lowest BCUT2D eigenvalue weighted by Crippen LogP contribution is -2.48. The quantitative estimate of drug-likeness (QED) is 0.795. The van der Waals surface area contributed by atoms with Crippen molar-refractivity contribution in [2.24, 2.45) is 5.73 Å². The van der Waals surface area contributed by atoms with E-state index in [4.69, 9.17) is 22.1 Å². The monoisotopic (exact) mass is 375 g/mol. The number of nitrogens with two attached hydrogens (primary N) is 1. The van der Waals surface area contributed by atoms with Gasteiger partial charge >= 0.3 is 0 Å². The minimum absolute atomic E-state index is 0.0146. The number of amides is 1. The second kappa shape index (κ2) is 7.69. The van der Waals surface area contributed by atoms with Gasteiger partial charge in [-0.05, 0) is 25.1 Å². The first kappa shape index (κ1) is 19.0. The number of halogens is 1. The minimum Gasteiger partial charge on any atom is -0.483 e. The minimum atomic E-state index is -3.72. The van der Waals surface area contributed by atoms with Gasteiger partial charge in [0.05, 0.1) is 5.02 Å². The summed E-state index contributed by atoms with van der Waals surface area (Å²) in [5.74, 6) is -0.353. The smallest absolute Gasteiger partial charge is 0.255 e. The van der Waals surface area contributed by atoms with Gasteiger partial charge in [0, 0.05) is 32.2 Å². The number of rotatable bonds is 6. The zero-order chi connectivity index (χ0) is 17.9. The van der Waals surface area contributed by atoms with Gasteiger partial charge in [-0.1, -0.05) is 18.5 Å². The average molecular weight is 376 g/mol. The average Bonchev–Trinajstić information content (AvgIpc) is 2.53. The summed E-state index contributed by atoms with van der Waals surface area (Å²) in [6, 6.07) is 2.88. The summed E-state index contributed by atoms with van der Waals surface area (Å²) in [4.78, 5) is 13.0. The highest BCUT2D eigenvalue weighted by Crippen LogP contribution is 2.32. The molecule has 2 rings (SSSR count). The van der Waals surface area contributed by atoms with Gasteiger partial charge in [-0.2, -0.15) is 4.31 Å². The summed E-state index contributed by atoms with van der Waals surface area (Å²) in [6.07, 6.45) is 0. The normalized spacial score (nSPS) is 17.0. The van der Waals surface area contributed by atoms with E-state index in [-0.39, 0.29) is 22.3 Å². The molecule has 1 aromatic carbocycles. The number of primary amides is 1. The van der Waals surface area contributed by atoms with Crippen LogP contribution in [0.25, 0.3) is 0 Å². The van der Waals surface area contributed by atoms with E-state index in [0.717, 1.165) is 6.54 Å². The molecule has 0 atom stereocenters. The maximum Gasteiger partial charge on any atom is 0.255 e. The van der Waals surface area contributed by atoms with Crippen LogP contribution >= 0.6 is 11.6 Å². The molecule has 0 unspecified atom stereocenters. The summed E-state index contributed by atoms with van der Waals surface area (Å²) in [7, 11) is -3.72.